The number of aromatic amines is 1. The number of hydrogen-bond acceptors (Lipinski definition) is 6. The number of thiazole rings is 1. The highest BCUT2D eigenvalue weighted by atomic mass is 32.1. The fourth-order valence-electron chi connectivity index (χ4n) is 2.79. The smallest absolute Gasteiger partial charge is 0.329 e. The molecule has 1 aliphatic heterocycles. The zero-order chi connectivity index (χ0) is 17.4. The van der Waals surface area contributed by atoms with Crippen molar-refractivity contribution >= 4 is 23.2 Å². The van der Waals surface area contributed by atoms with E-state index in [-0.39, 0.29) is 11.8 Å². The van der Waals surface area contributed by atoms with Crippen LogP contribution in [0.4, 0.5) is 0 Å². The first-order valence-corrected chi connectivity index (χ1v) is 8.61. The monoisotopic (exact) mass is 348 g/mol. The number of aromatic nitrogens is 3. The number of hydrogen-bond donors (Lipinski definition) is 1. The standard InChI is InChI=1S/C16H20N4O3S/c1-8(2)14-19-9(3)13(24-14)15(21)20-6-11-10(17-7-18-11)5-12(20)16(22)23-4/h7-8,12H,5-6H2,1-4H3,(H,17,18). The molecule has 0 aromatic carbocycles. The van der Waals surface area contributed by atoms with Gasteiger partial charge in [0.2, 0.25) is 0 Å². The maximum atomic E-state index is 13.1. The fraction of sp³-hybridized carbons (Fsp3) is 0.500. The van der Waals surface area contributed by atoms with Gasteiger partial charge in [-0.15, -0.1) is 11.3 Å². The molecule has 24 heavy (non-hydrogen) atoms. The van der Waals surface area contributed by atoms with E-state index in [2.05, 4.69) is 15.0 Å². The number of methoxy groups -OCH3 is 1. The molecule has 0 bridgehead atoms. The molecule has 1 amide bonds. The summed E-state index contributed by atoms with van der Waals surface area (Å²) in [6, 6.07) is -0.665. The highest BCUT2D eigenvalue weighted by molar-refractivity contribution is 7.13. The molecule has 3 heterocycles. The van der Waals surface area contributed by atoms with Crippen molar-refractivity contribution in [1.29, 1.82) is 0 Å². The van der Waals surface area contributed by atoms with Gasteiger partial charge in [0.15, 0.2) is 0 Å². The number of nitrogens with zero attached hydrogens (tertiary/aromatic N) is 3. The minimum Gasteiger partial charge on any atom is -0.467 e. The molecule has 0 saturated carbocycles. The molecule has 1 aliphatic rings. The number of aryl methyl sites for hydroxylation is 1. The Labute approximate surface area is 144 Å². The quantitative estimate of drug-likeness (QED) is 0.858. The first-order valence-electron chi connectivity index (χ1n) is 7.79. The highest BCUT2D eigenvalue weighted by Gasteiger charge is 2.38. The second-order valence-corrected chi connectivity index (χ2v) is 7.16. The van der Waals surface area contributed by atoms with Crippen molar-refractivity contribution < 1.29 is 14.3 Å². The number of ether oxygens (including phenoxy) is 1. The average Bonchev–Trinajstić information content (AvgIpc) is 3.18. The van der Waals surface area contributed by atoms with Crippen LogP contribution in [0, 0.1) is 6.92 Å². The maximum Gasteiger partial charge on any atom is 0.329 e. The van der Waals surface area contributed by atoms with Gasteiger partial charge in [-0.3, -0.25) is 4.79 Å². The Morgan fingerprint density at radius 1 is 1.46 bits per heavy atom. The summed E-state index contributed by atoms with van der Waals surface area (Å²) in [7, 11) is 1.33. The van der Waals surface area contributed by atoms with Crippen molar-refractivity contribution in [3.05, 3.63) is 33.3 Å². The molecule has 2 aromatic heterocycles. The Balaban J connectivity index is 1.96. The van der Waals surface area contributed by atoms with Gasteiger partial charge >= 0.3 is 5.97 Å². The summed E-state index contributed by atoms with van der Waals surface area (Å²) in [6.07, 6.45) is 1.94. The lowest BCUT2D eigenvalue weighted by atomic mass is 10.0. The van der Waals surface area contributed by atoms with Crippen LogP contribution in [0.3, 0.4) is 0 Å². The van der Waals surface area contributed by atoms with E-state index in [0.29, 0.717) is 23.5 Å². The van der Waals surface area contributed by atoms with Crippen molar-refractivity contribution in [2.45, 2.75) is 45.7 Å². The summed E-state index contributed by atoms with van der Waals surface area (Å²) in [5.74, 6) is -0.358. The van der Waals surface area contributed by atoms with Crippen LogP contribution in [-0.2, 0) is 22.5 Å². The van der Waals surface area contributed by atoms with Crippen LogP contribution < -0.4 is 0 Å². The highest BCUT2D eigenvalue weighted by Crippen LogP contribution is 2.29. The van der Waals surface area contributed by atoms with E-state index < -0.39 is 12.0 Å². The lowest BCUT2D eigenvalue weighted by molar-refractivity contribution is -0.146. The second-order valence-electron chi connectivity index (χ2n) is 6.13. The van der Waals surface area contributed by atoms with Crippen LogP contribution in [0.1, 0.15) is 51.5 Å². The van der Waals surface area contributed by atoms with E-state index in [0.717, 1.165) is 16.4 Å². The lowest BCUT2D eigenvalue weighted by Crippen LogP contribution is -2.49. The van der Waals surface area contributed by atoms with Crippen LogP contribution in [0.5, 0.6) is 0 Å². The van der Waals surface area contributed by atoms with Crippen LogP contribution in [-0.4, -0.2) is 44.9 Å². The number of imidazole rings is 1. The largest absolute Gasteiger partial charge is 0.467 e. The first kappa shape index (κ1) is 16.6. The molecule has 0 radical (unpaired) electrons. The molecule has 0 spiro atoms. The molecule has 1 unspecified atom stereocenters. The molecule has 1 N–H and O–H groups in total. The van der Waals surface area contributed by atoms with E-state index in [9.17, 15) is 9.59 Å². The minimum atomic E-state index is -0.665. The van der Waals surface area contributed by atoms with E-state index in [1.165, 1.54) is 18.4 Å². The molecule has 0 aliphatic carbocycles. The number of esters is 1. The fourth-order valence-corrected chi connectivity index (χ4v) is 3.81. The SMILES string of the molecule is COC(=O)C1Cc2nc[nH]c2CN1C(=O)c1sc(C(C)C)nc1C. The first-order chi connectivity index (χ1) is 11.4. The summed E-state index contributed by atoms with van der Waals surface area (Å²) in [6.45, 7) is 6.22. The Kier molecular flexibility index (Phi) is 4.40. The maximum absolute atomic E-state index is 13.1. The predicted molar refractivity (Wildman–Crippen MR) is 88.9 cm³/mol. The molecule has 3 rings (SSSR count). The summed E-state index contributed by atoms with van der Waals surface area (Å²) in [5.41, 5.74) is 2.36. The van der Waals surface area contributed by atoms with Gasteiger partial charge in [0, 0.05) is 12.3 Å². The van der Waals surface area contributed by atoms with Gasteiger partial charge in [0.1, 0.15) is 10.9 Å². The number of rotatable bonds is 3. The molecular formula is C16H20N4O3S. The van der Waals surface area contributed by atoms with Crippen molar-refractivity contribution in [2.75, 3.05) is 7.11 Å². The Hall–Kier alpha value is -2.22. The van der Waals surface area contributed by atoms with Crippen molar-refractivity contribution in [3.63, 3.8) is 0 Å². The normalized spacial score (nSPS) is 17.0. The van der Waals surface area contributed by atoms with Gasteiger partial charge in [-0.2, -0.15) is 0 Å². The molecule has 0 saturated heterocycles. The molecule has 1 atom stereocenters. The number of H-pyrrole nitrogens is 1. The van der Waals surface area contributed by atoms with E-state index in [1.807, 2.05) is 20.8 Å². The molecule has 8 heteroatoms. The van der Waals surface area contributed by atoms with Gasteiger partial charge in [-0.1, -0.05) is 13.8 Å². The number of fused-ring (bicyclic) bond motifs is 1. The van der Waals surface area contributed by atoms with Crippen LogP contribution in [0.25, 0.3) is 0 Å². The molecule has 2 aromatic rings. The Morgan fingerprint density at radius 2 is 2.21 bits per heavy atom. The molecule has 128 valence electrons. The summed E-state index contributed by atoms with van der Waals surface area (Å²) >= 11 is 1.39. The summed E-state index contributed by atoms with van der Waals surface area (Å²) in [4.78, 5) is 39.1. The minimum absolute atomic E-state index is 0.187. The van der Waals surface area contributed by atoms with Crippen LogP contribution >= 0.6 is 11.3 Å². The van der Waals surface area contributed by atoms with Crippen molar-refractivity contribution in [2.24, 2.45) is 0 Å². The lowest BCUT2D eigenvalue weighted by Gasteiger charge is -2.32. The Bertz CT molecular complexity index is 780. The van der Waals surface area contributed by atoms with E-state index in [1.54, 1.807) is 11.2 Å². The zero-order valence-corrected chi connectivity index (χ0v) is 14.9. The third-order valence-electron chi connectivity index (χ3n) is 4.13. The molecule has 7 nitrogen and oxygen atoms in total. The van der Waals surface area contributed by atoms with Gasteiger partial charge in [0.25, 0.3) is 5.91 Å². The van der Waals surface area contributed by atoms with Gasteiger partial charge < -0.3 is 14.6 Å². The predicted octanol–water partition coefficient (Wildman–Crippen LogP) is 2.04. The third-order valence-corrected chi connectivity index (χ3v) is 5.58. The van der Waals surface area contributed by atoms with Gasteiger partial charge in [0.05, 0.1) is 42.1 Å². The van der Waals surface area contributed by atoms with Crippen molar-refractivity contribution in [1.82, 2.24) is 19.9 Å². The van der Waals surface area contributed by atoms with Crippen LogP contribution in [0.15, 0.2) is 6.33 Å². The topological polar surface area (TPSA) is 88.2 Å². The Morgan fingerprint density at radius 3 is 2.83 bits per heavy atom. The van der Waals surface area contributed by atoms with Crippen LogP contribution in [0.2, 0.25) is 0 Å². The number of carbonyl (C=O) groups is 2. The number of nitrogens with one attached hydrogen (secondary N) is 1. The molecular weight excluding hydrogens is 328 g/mol. The average molecular weight is 348 g/mol. The summed E-state index contributed by atoms with van der Waals surface area (Å²) < 4.78 is 4.89. The summed E-state index contributed by atoms with van der Waals surface area (Å²) in [5, 5.41) is 0.921. The van der Waals surface area contributed by atoms with E-state index >= 15 is 0 Å². The molecule has 0 fully saturated rings. The second kappa shape index (κ2) is 6.35. The van der Waals surface area contributed by atoms with Gasteiger partial charge in [-0.25, -0.2) is 14.8 Å². The van der Waals surface area contributed by atoms with Gasteiger partial charge in [-0.05, 0) is 6.92 Å². The number of carbonyl (C=O) groups excluding carboxylic acids is 2. The zero-order valence-electron chi connectivity index (χ0n) is 14.1. The third kappa shape index (κ3) is 2.82. The van der Waals surface area contributed by atoms with Crippen molar-refractivity contribution in [3.8, 4) is 0 Å². The van der Waals surface area contributed by atoms with E-state index in [4.69, 9.17) is 4.74 Å². The number of amides is 1.